The van der Waals surface area contributed by atoms with Gasteiger partial charge in [0.15, 0.2) is 11.6 Å². The fourth-order valence-electron chi connectivity index (χ4n) is 2.00. The molecule has 0 aliphatic heterocycles. The second-order valence-electron chi connectivity index (χ2n) is 4.53. The molecule has 0 unspecified atom stereocenters. The number of hydrogen-bond acceptors (Lipinski definition) is 4. The largest absolute Gasteiger partial charge is 0.381 e. The van der Waals surface area contributed by atoms with Crippen molar-refractivity contribution in [2.45, 2.75) is 6.92 Å². The van der Waals surface area contributed by atoms with Crippen LogP contribution in [0.3, 0.4) is 0 Å². The van der Waals surface area contributed by atoms with Crippen molar-refractivity contribution in [3.8, 4) is 0 Å². The van der Waals surface area contributed by atoms with Crippen LogP contribution in [0.2, 0.25) is 0 Å². The lowest BCUT2D eigenvalue weighted by atomic mass is 10.2. The van der Waals surface area contributed by atoms with E-state index in [2.05, 4.69) is 31.2 Å². The smallest absolute Gasteiger partial charge is 0.174 e. The minimum atomic E-state index is 0.394. The quantitative estimate of drug-likeness (QED) is 0.745. The number of nitrogens with zero attached hydrogens (tertiary/aromatic N) is 2. The summed E-state index contributed by atoms with van der Waals surface area (Å²) >= 11 is 3.45. The summed E-state index contributed by atoms with van der Waals surface area (Å²) in [5, 5.41) is 3.24. The van der Waals surface area contributed by atoms with Gasteiger partial charge in [-0.1, -0.05) is 28.1 Å². The number of para-hydroxylation sites is 2. The lowest BCUT2D eigenvalue weighted by Gasteiger charge is -2.11. The number of nitrogens with two attached hydrogens (primary N) is 1. The number of rotatable bonds is 2. The van der Waals surface area contributed by atoms with Crippen LogP contribution in [0.5, 0.6) is 0 Å². The summed E-state index contributed by atoms with van der Waals surface area (Å²) in [5.74, 6) is 0.972. The van der Waals surface area contributed by atoms with E-state index in [0.717, 1.165) is 26.8 Å². The molecule has 1 aromatic heterocycles. The van der Waals surface area contributed by atoms with Crippen molar-refractivity contribution in [2.24, 2.45) is 0 Å². The van der Waals surface area contributed by atoms with Gasteiger partial charge in [0.25, 0.3) is 0 Å². The Morgan fingerprint density at radius 1 is 1.05 bits per heavy atom. The van der Waals surface area contributed by atoms with Crippen LogP contribution in [0.25, 0.3) is 11.0 Å². The highest BCUT2D eigenvalue weighted by Crippen LogP contribution is 2.26. The average molecular weight is 329 g/mol. The summed E-state index contributed by atoms with van der Waals surface area (Å²) in [4.78, 5) is 8.89. The first-order valence-corrected chi connectivity index (χ1v) is 6.98. The minimum absolute atomic E-state index is 0.394. The Morgan fingerprint density at radius 2 is 1.75 bits per heavy atom. The maximum Gasteiger partial charge on any atom is 0.174 e. The fourth-order valence-corrected chi connectivity index (χ4v) is 2.48. The molecule has 0 saturated heterocycles. The molecule has 3 rings (SSSR count). The van der Waals surface area contributed by atoms with Gasteiger partial charge in [-0.2, -0.15) is 0 Å². The third-order valence-corrected chi connectivity index (χ3v) is 3.53. The summed E-state index contributed by atoms with van der Waals surface area (Å²) in [6.45, 7) is 2.03. The molecule has 0 aliphatic rings. The van der Waals surface area contributed by atoms with Gasteiger partial charge in [-0.25, -0.2) is 9.97 Å². The van der Waals surface area contributed by atoms with Crippen molar-refractivity contribution in [3.63, 3.8) is 0 Å². The number of fused-ring (bicyclic) bond motifs is 1. The van der Waals surface area contributed by atoms with Crippen LogP contribution in [-0.4, -0.2) is 9.97 Å². The molecule has 0 spiro atoms. The summed E-state index contributed by atoms with van der Waals surface area (Å²) in [6.07, 6.45) is 0. The van der Waals surface area contributed by atoms with E-state index in [-0.39, 0.29) is 0 Å². The molecule has 0 bridgehead atoms. The van der Waals surface area contributed by atoms with Gasteiger partial charge in [0, 0.05) is 10.2 Å². The van der Waals surface area contributed by atoms with Crippen molar-refractivity contribution in [2.75, 3.05) is 11.1 Å². The highest BCUT2D eigenvalue weighted by atomic mass is 79.9. The van der Waals surface area contributed by atoms with E-state index in [1.165, 1.54) is 0 Å². The normalized spacial score (nSPS) is 10.7. The van der Waals surface area contributed by atoms with Crippen molar-refractivity contribution in [3.05, 3.63) is 52.5 Å². The van der Waals surface area contributed by atoms with Crippen molar-refractivity contribution in [1.82, 2.24) is 9.97 Å². The van der Waals surface area contributed by atoms with E-state index in [0.29, 0.717) is 11.6 Å². The molecule has 2 aromatic carbocycles. The van der Waals surface area contributed by atoms with E-state index < -0.39 is 0 Å². The Kier molecular flexibility index (Phi) is 3.28. The highest BCUT2D eigenvalue weighted by Gasteiger charge is 2.07. The van der Waals surface area contributed by atoms with Gasteiger partial charge >= 0.3 is 0 Å². The predicted molar refractivity (Wildman–Crippen MR) is 86.1 cm³/mol. The van der Waals surface area contributed by atoms with E-state index in [9.17, 15) is 0 Å². The fraction of sp³-hybridized carbons (Fsp3) is 0.0667. The van der Waals surface area contributed by atoms with E-state index in [1.807, 2.05) is 49.4 Å². The number of aromatic nitrogens is 2. The molecule has 20 heavy (non-hydrogen) atoms. The first kappa shape index (κ1) is 12.9. The summed E-state index contributed by atoms with van der Waals surface area (Å²) in [7, 11) is 0. The standard InChI is InChI=1S/C15H13BrN4/c1-9-8-10(16)6-7-11(9)19-15-14(17)18-12-4-2-3-5-13(12)20-15/h2-8H,1H3,(H2,17,18)(H,19,20). The van der Waals surface area contributed by atoms with Crippen molar-refractivity contribution in [1.29, 1.82) is 0 Å². The average Bonchev–Trinajstić information content (AvgIpc) is 2.42. The van der Waals surface area contributed by atoms with Crippen LogP contribution in [-0.2, 0) is 0 Å². The molecular formula is C15H13BrN4. The Balaban J connectivity index is 2.03. The number of nitrogen functional groups attached to an aromatic ring is 1. The van der Waals surface area contributed by atoms with Crippen LogP contribution >= 0.6 is 15.9 Å². The minimum Gasteiger partial charge on any atom is -0.381 e. The van der Waals surface area contributed by atoms with Gasteiger partial charge in [0.05, 0.1) is 11.0 Å². The Labute approximate surface area is 125 Å². The Bertz CT molecular complexity index is 786. The zero-order valence-corrected chi connectivity index (χ0v) is 12.5. The topological polar surface area (TPSA) is 63.8 Å². The lowest BCUT2D eigenvalue weighted by Crippen LogP contribution is -2.03. The molecule has 0 saturated carbocycles. The molecular weight excluding hydrogens is 316 g/mol. The maximum absolute atomic E-state index is 5.97. The van der Waals surface area contributed by atoms with Crippen LogP contribution in [0.15, 0.2) is 46.9 Å². The molecule has 0 fully saturated rings. The molecule has 5 heteroatoms. The van der Waals surface area contributed by atoms with Crippen LogP contribution in [0.1, 0.15) is 5.56 Å². The van der Waals surface area contributed by atoms with E-state index in [4.69, 9.17) is 5.73 Å². The number of benzene rings is 2. The second-order valence-corrected chi connectivity index (χ2v) is 5.45. The van der Waals surface area contributed by atoms with E-state index >= 15 is 0 Å². The molecule has 3 aromatic rings. The van der Waals surface area contributed by atoms with Gasteiger partial charge in [0.1, 0.15) is 0 Å². The van der Waals surface area contributed by atoms with Crippen molar-refractivity contribution < 1.29 is 0 Å². The number of anilines is 3. The molecule has 0 radical (unpaired) electrons. The molecule has 4 nitrogen and oxygen atoms in total. The molecule has 3 N–H and O–H groups in total. The Morgan fingerprint density at radius 3 is 2.45 bits per heavy atom. The second kappa shape index (κ2) is 5.09. The molecule has 100 valence electrons. The monoisotopic (exact) mass is 328 g/mol. The SMILES string of the molecule is Cc1cc(Br)ccc1Nc1nc2ccccc2nc1N. The summed E-state index contributed by atoms with van der Waals surface area (Å²) in [5.41, 5.74) is 9.65. The third-order valence-electron chi connectivity index (χ3n) is 3.04. The van der Waals surface area contributed by atoms with Gasteiger partial charge in [0.2, 0.25) is 0 Å². The van der Waals surface area contributed by atoms with Gasteiger partial charge in [-0.15, -0.1) is 0 Å². The van der Waals surface area contributed by atoms with Crippen LogP contribution in [0.4, 0.5) is 17.3 Å². The lowest BCUT2D eigenvalue weighted by molar-refractivity contribution is 1.28. The molecule has 0 aliphatic carbocycles. The van der Waals surface area contributed by atoms with Gasteiger partial charge < -0.3 is 11.1 Å². The summed E-state index contributed by atoms with van der Waals surface area (Å²) in [6, 6.07) is 13.7. The Hall–Kier alpha value is -2.14. The number of nitrogens with one attached hydrogen (secondary N) is 1. The first-order chi connectivity index (χ1) is 9.63. The van der Waals surface area contributed by atoms with Crippen molar-refractivity contribution >= 4 is 44.3 Å². The first-order valence-electron chi connectivity index (χ1n) is 6.19. The summed E-state index contributed by atoms with van der Waals surface area (Å²) < 4.78 is 1.04. The van der Waals surface area contributed by atoms with E-state index in [1.54, 1.807) is 0 Å². The number of hydrogen-bond donors (Lipinski definition) is 2. The molecule has 0 amide bonds. The highest BCUT2D eigenvalue weighted by molar-refractivity contribution is 9.10. The molecule has 0 atom stereocenters. The number of halogens is 1. The van der Waals surface area contributed by atoms with Gasteiger partial charge in [-0.05, 0) is 42.8 Å². The molecule has 1 heterocycles. The van der Waals surface area contributed by atoms with Crippen LogP contribution < -0.4 is 11.1 Å². The van der Waals surface area contributed by atoms with Crippen LogP contribution in [0, 0.1) is 6.92 Å². The van der Waals surface area contributed by atoms with Gasteiger partial charge in [-0.3, -0.25) is 0 Å². The number of aryl methyl sites for hydroxylation is 1. The zero-order valence-electron chi connectivity index (χ0n) is 10.9. The zero-order chi connectivity index (χ0) is 14.1. The maximum atomic E-state index is 5.97. The predicted octanol–water partition coefficient (Wildman–Crippen LogP) is 4.03. The third kappa shape index (κ3) is 2.44.